The Balaban J connectivity index is 2.24. The van der Waals surface area contributed by atoms with Crippen molar-refractivity contribution in [2.75, 3.05) is 13.6 Å². The third kappa shape index (κ3) is 1.96. The molecular formula is C10H21N. The predicted molar refractivity (Wildman–Crippen MR) is 49.6 cm³/mol. The Morgan fingerprint density at radius 2 is 2.18 bits per heavy atom. The summed E-state index contributed by atoms with van der Waals surface area (Å²) < 4.78 is 0. The maximum atomic E-state index is 3.28. The van der Waals surface area contributed by atoms with Crippen molar-refractivity contribution in [3.8, 4) is 0 Å². The van der Waals surface area contributed by atoms with E-state index in [0.29, 0.717) is 0 Å². The van der Waals surface area contributed by atoms with E-state index in [1.807, 2.05) is 0 Å². The number of nitrogens with one attached hydrogen (secondary N) is 1. The molecule has 0 heterocycles. The molecule has 1 nitrogen and oxygen atoms in total. The van der Waals surface area contributed by atoms with E-state index in [0.717, 1.165) is 17.8 Å². The Labute approximate surface area is 70.6 Å². The van der Waals surface area contributed by atoms with Crippen LogP contribution in [0.2, 0.25) is 0 Å². The molecule has 1 heteroatoms. The van der Waals surface area contributed by atoms with Gasteiger partial charge in [0.1, 0.15) is 0 Å². The summed E-state index contributed by atoms with van der Waals surface area (Å²) in [6, 6.07) is 0. The Hall–Kier alpha value is -0.0400. The third-order valence-corrected chi connectivity index (χ3v) is 3.32. The smallest absolute Gasteiger partial charge is 0.00208 e. The molecule has 0 aromatic heterocycles. The Morgan fingerprint density at radius 3 is 2.55 bits per heavy atom. The van der Waals surface area contributed by atoms with Crippen molar-refractivity contribution in [2.45, 2.75) is 33.1 Å². The van der Waals surface area contributed by atoms with E-state index < -0.39 is 0 Å². The van der Waals surface area contributed by atoms with Crippen LogP contribution in [0.5, 0.6) is 0 Å². The summed E-state index contributed by atoms with van der Waals surface area (Å²) in [6.07, 6.45) is 4.28. The van der Waals surface area contributed by atoms with Crippen LogP contribution in [0.15, 0.2) is 0 Å². The highest BCUT2D eigenvalue weighted by molar-refractivity contribution is 4.84. The molecule has 0 saturated heterocycles. The maximum Gasteiger partial charge on any atom is -0.00208 e. The van der Waals surface area contributed by atoms with Gasteiger partial charge in [0.05, 0.1) is 0 Å². The zero-order chi connectivity index (χ0) is 8.27. The molecule has 3 unspecified atom stereocenters. The van der Waals surface area contributed by atoms with Crippen molar-refractivity contribution < 1.29 is 0 Å². The van der Waals surface area contributed by atoms with E-state index in [9.17, 15) is 0 Å². The summed E-state index contributed by atoms with van der Waals surface area (Å²) in [5, 5.41) is 3.28. The van der Waals surface area contributed by atoms with E-state index in [1.165, 1.54) is 25.8 Å². The first kappa shape index (κ1) is 9.05. The monoisotopic (exact) mass is 155 g/mol. The highest BCUT2D eigenvalue weighted by Crippen LogP contribution is 2.40. The van der Waals surface area contributed by atoms with Crippen LogP contribution in [-0.2, 0) is 0 Å². The first-order valence-corrected chi connectivity index (χ1v) is 4.94. The molecule has 1 aliphatic carbocycles. The van der Waals surface area contributed by atoms with Crippen molar-refractivity contribution in [3.05, 3.63) is 0 Å². The fourth-order valence-electron chi connectivity index (χ4n) is 2.16. The lowest BCUT2D eigenvalue weighted by Gasteiger charge is -2.40. The quantitative estimate of drug-likeness (QED) is 0.656. The molecule has 1 N–H and O–H groups in total. The molecule has 1 fully saturated rings. The van der Waals surface area contributed by atoms with E-state index in [4.69, 9.17) is 0 Å². The van der Waals surface area contributed by atoms with Crippen molar-refractivity contribution in [3.63, 3.8) is 0 Å². The lowest BCUT2D eigenvalue weighted by Crippen LogP contribution is -2.37. The SMILES string of the molecule is CCC(C)C1CCC1CNC. The highest BCUT2D eigenvalue weighted by atomic mass is 14.8. The second kappa shape index (κ2) is 4.10. The minimum atomic E-state index is 0.946. The topological polar surface area (TPSA) is 12.0 Å². The fraction of sp³-hybridized carbons (Fsp3) is 1.00. The Kier molecular flexibility index (Phi) is 3.38. The number of rotatable bonds is 4. The number of hydrogen-bond donors (Lipinski definition) is 1. The van der Waals surface area contributed by atoms with Gasteiger partial charge in [0, 0.05) is 0 Å². The molecule has 1 aliphatic rings. The molecule has 0 spiro atoms. The Bertz CT molecular complexity index is 111. The molecular weight excluding hydrogens is 134 g/mol. The summed E-state index contributed by atoms with van der Waals surface area (Å²) in [6.45, 7) is 5.93. The van der Waals surface area contributed by atoms with Crippen molar-refractivity contribution in [2.24, 2.45) is 17.8 Å². The molecule has 1 rings (SSSR count). The van der Waals surface area contributed by atoms with Crippen molar-refractivity contribution in [1.82, 2.24) is 5.32 Å². The van der Waals surface area contributed by atoms with E-state index in [-0.39, 0.29) is 0 Å². The molecule has 3 atom stereocenters. The van der Waals surface area contributed by atoms with Crippen LogP contribution in [0.4, 0.5) is 0 Å². The molecule has 1 saturated carbocycles. The lowest BCUT2D eigenvalue weighted by molar-refractivity contribution is 0.111. The van der Waals surface area contributed by atoms with Gasteiger partial charge in [-0.15, -0.1) is 0 Å². The van der Waals surface area contributed by atoms with Crippen LogP contribution in [0.25, 0.3) is 0 Å². The second-order valence-corrected chi connectivity index (χ2v) is 3.94. The molecule has 0 radical (unpaired) electrons. The zero-order valence-electron chi connectivity index (χ0n) is 8.06. The van der Waals surface area contributed by atoms with Crippen LogP contribution in [0.1, 0.15) is 33.1 Å². The maximum absolute atomic E-state index is 3.28. The standard InChI is InChI=1S/C10H21N/c1-4-8(2)10-6-5-9(10)7-11-3/h8-11H,4-7H2,1-3H3. The Morgan fingerprint density at radius 1 is 1.45 bits per heavy atom. The molecule has 0 aromatic rings. The molecule has 0 amide bonds. The fourth-order valence-corrected chi connectivity index (χ4v) is 2.16. The molecule has 0 bridgehead atoms. The van der Waals surface area contributed by atoms with Crippen LogP contribution in [-0.4, -0.2) is 13.6 Å². The lowest BCUT2D eigenvalue weighted by atomic mass is 9.67. The zero-order valence-corrected chi connectivity index (χ0v) is 8.06. The van der Waals surface area contributed by atoms with Crippen LogP contribution < -0.4 is 5.32 Å². The normalized spacial score (nSPS) is 33.0. The second-order valence-electron chi connectivity index (χ2n) is 3.94. The minimum Gasteiger partial charge on any atom is -0.319 e. The predicted octanol–water partition coefficient (Wildman–Crippen LogP) is 2.28. The summed E-state index contributed by atoms with van der Waals surface area (Å²) in [5.74, 6) is 2.95. The van der Waals surface area contributed by atoms with Gasteiger partial charge in [0.25, 0.3) is 0 Å². The van der Waals surface area contributed by atoms with E-state index in [1.54, 1.807) is 0 Å². The first-order chi connectivity index (χ1) is 5.29. The van der Waals surface area contributed by atoms with Gasteiger partial charge < -0.3 is 5.32 Å². The van der Waals surface area contributed by atoms with Crippen molar-refractivity contribution >= 4 is 0 Å². The van der Waals surface area contributed by atoms with Gasteiger partial charge >= 0.3 is 0 Å². The van der Waals surface area contributed by atoms with Crippen LogP contribution in [0, 0.1) is 17.8 Å². The third-order valence-electron chi connectivity index (χ3n) is 3.32. The van der Waals surface area contributed by atoms with Gasteiger partial charge in [-0.1, -0.05) is 20.3 Å². The van der Waals surface area contributed by atoms with Gasteiger partial charge in [-0.25, -0.2) is 0 Å². The van der Waals surface area contributed by atoms with Gasteiger partial charge in [-0.2, -0.15) is 0 Å². The van der Waals surface area contributed by atoms with Gasteiger partial charge in [0.2, 0.25) is 0 Å². The first-order valence-electron chi connectivity index (χ1n) is 4.94. The minimum absolute atomic E-state index is 0.946. The molecule has 0 aliphatic heterocycles. The van der Waals surface area contributed by atoms with Crippen LogP contribution >= 0.6 is 0 Å². The molecule has 66 valence electrons. The molecule has 11 heavy (non-hydrogen) atoms. The highest BCUT2D eigenvalue weighted by Gasteiger charge is 2.32. The summed E-state index contributed by atoms with van der Waals surface area (Å²) in [5.41, 5.74) is 0. The summed E-state index contributed by atoms with van der Waals surface area (Å²) >= 11 is 0. The van der Waals surface area contributed by atoms with Crippen LogP contribution in [0.3, 0.4) is 0 Å². The summed E-state index contributed by atoms with van der Waals surface area (Å²) in [4.78, 5) is 0. The van der Waals surface area contributed by atoms with E-state index >= 15 is 0 Å². The largest absolute Gasteiger partial charge is 0.319 e. The number of hydrogen-bond acceptors (Lipinski definition) is 1. The van der Waals surface area contributed by atoms with Gasteiger partial charge in [-0.3, -0.25) is 0 Å². The average molecular weight is 155 g/mol. The van der Waals surface area contributed by atoms with Gasteiger partial charge in [-0.05, 0) is 44.2 Å². The summed E-state index contributed by atoms with van der Waals surface area (Å²) in [7, 11) is 2.06. The van der Waals surface area contributed by atoms with E-state index in [2.05, 4.69) is 26.2 Å². The van der Waals surface area contributed by atoms with Gasteiger partial charge in [0.15, 0.2) is 0 Å². The average Bonchev–Trinajstić information content (AvgIpc) is 1.98. The van der Waals surface area contributed by atoms with Crippen molar-refractivity contribution in [1.29, 1.82) is 0 Å². The molecule has 0 aromatic carbocycles.